The van der Waals surface area contributed by atoms with Crippen LogP contribution in [0.4, 0.5) is 5.82 Å². The van der Waals surface area contributed by atoms with Crippen LogP contribution in [-0.4, -0.2) is 34.8 Å². The van der Waals surface area contributed by atoms with Gasteiger partial charge in [-0.2, -0.15) is 0 Å². The monoisotopic (exact) mass is 264 g/mol. The number of aromatic nitrogens is 1. The molecule has 1 heterocycles. The van der Waals surface area contributed by atoms with E-state index in [1.807, 2.05) is 0 Å². The van der Waals surface area contributed by atoms with Crippen LogP contribution in [0.1, 0.15) is 37.7 Å². The van der Waals surface area contributed by atoms with E-state index >= 15 is 0 Å². The van der Waals surface area contributed by atoms with Gasteiger partial charge in [-0.25, -0.2) is 9.78 Å². The van der Waals surface area contributed by atoms with E-state index in [-0.39, 0.29) is 22.8 Å². The number of ether oxygens (including phenoxy) is 1. The van der Waals surface area contributed by atoms with Crippen molar-refractivity contribution in [2.24, 2.45) is 5.41 Å². The van der Waals surface area contributed by atoms with E-state index in [9.17, 15) is 4.79 Å². The molecule has 0 radical (unpaired) electrons. The van der Waals surface area contributed by atoms with Crippen molar-refractivity contribution in [3.63, 3.8) is 0 Å². The van der Waals surface area contributed by atoms with Crippen molar-refractivity contribution in [3.8, 4) is 0 Å². The fourth-order valence-electron chi connectivity index (χ4n) is 2.54. The molecule has 0 spiro atoms. The molecule has 5 nitrogen and oxygen atoms in total. The quantitative estimate of drug-likeness (QED) is 0.873. The van der Waals surface area contributed by atoms with Crippen LogP contribution in [0.15, 0.2) is 18.2 Å². The Morgan fingerprint density at radius 2 is 2.16 bits per heavy atom. The summed E-state index contributed by atoms with van der Waals surface area (Å²) in [6, 6.07) is 5.18. The molecule has 0 saturated heterocycles. The van der Waals surface area contributed by atoms with Crippen LogP contribution in [0.5, 0.6) is 0 Å². The first-order valence-corrected chi connectivity index (χ1v) is 6.32. The van der Waals surface area contributed by atoms with Gasteiger partial charge in [0, 0.05) is 18.6 Å². The molecule has 2 atom stereocenters. The lowest BCUT2D eigenvalue weighted by Crippen LogP contribution is -2.65. The van der Waals surface area contributed by atoms with Crippen LogP contribution in [0, 0.1) is 5.41 Å². The standard InChI is InChI=1S/C14H20N2O3/c1-13(2)10(8-14(13,3)19-4)16-11-7-5-6-9(15-11)12(17)18/h5-7,10H,8H2,1-4H3,(H,15,16)(H,17,18). The van der Waals surface area contributed by atoms with Crippen molar-refractivity contribution in [2.75, 3.05) is 12.4 Å². The Hall–Kier alpha value is -1.62. The van der Waals surface area contributed by atoms with Crippen molar-refractivity contribution in [1.82, 2.24) is 4.98 Å². The maximum atomic E-state index is 10.9. The zero-order valence-electron chi connectivity index (χ0n) is 11.7. The number of carboxylic acid groups (broad SMARTS) is 1. The second-order valence-corrected chi connectivity index (χ2v) is 5.77. The van der Waals surface area contributed by atoms with Crippen LogP contribution in [0.25, 0.3) is 0 Å². The lowest BCUT2D eigenvalue weighted by atomic mass is 9.56. The first-order valence-electron chi connectivity index (χ1n) is 6.32. The first kappa shape index (κ1) is 13.8. The zero-order valence-corrected chi connectivity index (χ0v) is 11.7. The van der Waals surface area contributed by atoms with Gasteiger partial charge in [0.25, 0.3) is 0 Å². The average Bonchev–Trinajstić information content (AvgIpc) is 2.38. The van der Waals surface area contributed by atoms with E-state index in [0.717, 1.165) is 6.42 Å². The highest BCUT2D eigenvalue weighted by Crippen LogP contribution is 2.52. The van der Waals surface area contributed by atoms with Gasteiger partial charge >= 0.3 is 5.97 Å². The summed E-state index contributed by atoms with van der Waals surface area (Å²) < 4.78 is 5.56. The highest BCUT2D eigenvalue weighted by atomic mass is 16.5. The predicted molar refractivity (Wildman–Crippen MR) is 72.4 cm³/mol. The summed E-state index contributed by atoms with van der Waals surface area (Å²) in [4.78, 5) is 15.0. The van der Waals surface area contributed by atoms with Gasteiger partial charge in [-0.05, 0) is 25.5 Å². The molecule has 0 aromatic carbocycles. The molecule has 5 heteroatoms. The summed E-state index contributed by atoms with van der Waals surface area (Å²) in [5.41, 5.74) is -0.144. The van der Waals surface area contributed by atoms with Crippen molar-refractivity contribution in [1.29, 1.82) is 0 Å². The number of anilines is 1. The zero-order chi connectivity index (χ0) is 14.3. The fraction of sp³-hybridized carbons (Fsp3) is 0.571. The third-order valence-corrected chi connectivity index (χ3v) is 4.57. The summed E-state index contributed by atoms with van der Waals surface area (Å²) in [6.45, 7) is 6.36. The number of methoxy groups -OCH3 is 1. The highest BCUT2D eigenvalue weighted by Gasteiger charge is 2.57. The summed E-state index contributed by atoms with van der Waals surface area (Å²) in [5.74, 6) is -0.422. The van der Waals surface area contributed by atoms with Crippen LogP contribution in [0.2, 0.25) is 0 Å². The Bertz CT molecular complexity index is 501. The topological polar surface area (TPSA) is 71.5 Å². The third-order valence-electron chi connectivity index (χ3n) is 4.57. The first-order chi connectivity index (χ1) is 8.80. The number of carbonyl (C=O) groups is 1. The molecule has 1 fully saturated rings. The predicted octanol–water partition coefficient (Wildman–Crippen LogP) is 2.40. The van der Waals surface area contributed by atoms with Crippen LogP contribution in [-0.2, 0) is 4.74 Å². The largest absolute Gasteiger partial charge is 0.477 e. The van der Waals surface area contributed by atoms with Gasteiger partial charge in [0.05, 0.1) is 5.60 Å². The molecule has 1 aliphatic carbocycles. The smallest absolute Gasteiger partial charge is 0.354 e. The van der Waals surface area contributed by atoms with Gasteiger partial charge in [0.15, 0.2) is 5.69 Å². The maximum absolute atomic E-state index is 10.9. The average molecular weight is 264 g/mol. The van der Waals surface area contributed by atoms with E-state index in [1.165, 1.54) is 6.07 Å². The van der Waals surface area contributed by atoms with Gasteiger partial charge in [0.2, 0.25) is 0 Å². The number of carboxylic acids is 1. The lowest BCUT2D eigenvalue weighted by molar-refractivity contribution is -0.166. The van der Waals surface area contributed by atoms with Gasteiger partial charge in [0.1, 0.15) is 5.82 Å². The van der Waals surface area contributed by atoms with E-state index in [2.05, 4.69) is 31.1 Å². The Morgan fingerprint density at radius 1 is 1.47 bits per heavy atom. The molecule has 0 aliphatic heterocycles. The Balaban J connectivity index is 2.12. The normalized spacial score (nSPS) is 28.5. The maximum Gasteiger partial charge on any atom is 0.354 e. The molecular formula is C14H20N2O3. The van der Waals surface area contributed by atoms with Crippen LogP contribution < -0.4 is 5.32 Å². The molecule has 1 aromatic rings. The van der Waals surface area contributed by atoms with Crippen molar-refractivity contribution < 1.29 is 14.6 Å². The third kappa shape index (κ3) is 2.18. The molecule has 19 heavy (non-hydrogen) atoms. The SMILES string of the molecule is COC1(C)CC(Nc2cccc(C(=O)O)n2)C1(C)C. The van der Waals surface area contributed by atoms with E-state index in [4.69, 9.17) is 9.84 Å². The molecule has 0 amide bonds. The summed E-state index contributed by atoms with van der Waals surface area (Å²) >= 11 is 0. The van der Waals surface area contributed by atoms with Gasteiger partial charge in [-0.15, -0.1) is 0 Å². The molecule has 1 aromatic heterocycles. The number of hydrogen-bond donors (Lipinski definition) is 2. The number of rotatable bonds is 4. The number of nitrogens with one attached hydrogen (secondary N) is 1. The number of aromatic carboxylic acids is 1. The summed E-state index contributed by atoms with van der Waals surface area (Å²) in [5, 5.41) is 12.2. The minimum absolute atomic E-state index is 0.0390. The Kier molecular flexibility index (Phi) is 3.26. The van der Waals surface area contributed by atoms with Gasteiger partial charge < -0.3 is 15.2 Å². The number of hydrogen-bond acceptors (Lipinski definition) is 4. The van der Waals surface area contributed by atoms with Gasteiger partial charge in [-0.1, -0.05) is 19.9 Å². The van der Waals surface area contributed by atoms with Crippen molar-refractivity contribution in [2.45, 2.75) is 38.8 Å². The Labute approximate surface area is 113 Å². The minimum atomic E-state index is -1.02. The second kappa shape index (κ2) is 4.49. The molecular weight excluding hydrogens is 244 g/mol. The van der Waals surface area contributed by atoms with E-state index in [0.29, 0.717) is 5.82 Å². The van der Waals surface area contributed by atoms with Gasteiger partial charge in [-0.3, -0.25) is 0 Å². The molecule has 2 N–H and O–H groups in total. The minimum Gasteiger partial charge on any atom is -0.477 e. The van der Waals surface area contributed by atoms with E-state index < -0.39 is 5.97 Å². The second-order valence-electron chi connectivity index (χ2n) is 5.77. The van der Waals surface area contributed by atoms with Crippen LogP contribution in [0.3, 0.4) is 0 Å². The molecule has 0 bridgehead atoms. The molecule has 2 rings (SSSR count). The molecule has 1 saturated carbocycles. The lowest BCUT2D eigenvalue weighted by Gasteiger charge is -2.59. The Morgan fingerprint density at radius 3 is 2.68 bits per heavy atom. The van der Waals surface area contributed by atoms with E-state index in [1.54, 1.807) is 19.2 Å². The fourth-order valence-corrected chi connectivity index (χ4v) is 2.54. The summed E-state index contributed by atoms with van der Waals surface area (Å²) in [6.07, 6.45) is 0.871. The highest BCUT2D eigenvalue weighted by molar-refractivity contribution is 5.85. The molecule has 1 aliphatic rings. The molecule has 104 valence electrons. The number of pyridine rings is 1. The number of nitrogens with zero attached hydrogens (tertiary/aromatic N) is 1. The summed E-state index contributed by atoms with van der Waals surface area (Å²) in [7, 11) is 1.72. The van der Waals surface area contributed by atoms with Crippen LogP contribution >= 0.6 is 0 Å². The molecule has 2 unspecified atom stereocenters. The van der Waals surface area contributed by atoms with Crippen molar-refractivity contribution >= 4 is 11.8 Å². The van der Waals surface area contributed by atoms with Crippen molar-refractivity contribution in [3.05, 3.63) is 23.9 Å².